The topological polar surface area (TPSA) is 73.8 Å². The summed E-state index contributed by atoms with van der Waals surface area (Å²) < 4.78 is 18.2. The zero-order valence-corrected chi connectivity index (χ0v) is 17.1. The van der Waals surface area contributed by atoms with Crippen molar-refractivity contribution in [3.8, 4) is 34.1 Å². The lowest BCUT2D eigenvalue weighted by molar-refractivity contribution is 0.355. The van der Waals surface area contributed by atoms with Gasteiger partial charge in [0.15, 0.2) is 23.0 Å². The highest BCUT2D eigenvalue weighted by Gasteiger charge is 2.12. The highest BCUT2D eigenvalue weighted by atomic mass is 16.5. The van der Waals surface area contributed by atoms with Gasteiger partial charge in [0.05, 0.1) is 26.2 Å². The van der Waals surface area contributed by atoms with E-state index in [0.717, 1.165) is 33.9 Å². The summed E-state index contributed by atoms with van der Waals surface area (Å²) in [7, 11) is 3.22. The third-order valence-electron chi connectivity index (χ3n) is 5.01. The van der Waals surface area contributed by atoms with E-state index in [-0.39, 0.29) is 0 Å². The second-order valence-corrected chi connectivity index (χ2v) is 6.88. The van der Waals surface area contributed by atoms with Gasteiger partial charge in [0.2, 0.25) is 0 Å². The number of methoxy groups -OCH3 is 2. The smallest absolute Gasteiger partial charge is 0.180 e. The SMILES string of the molecule is COc1ccc(Nc2nc(-c3ccc(-c4ccco4)cc3)cn3ccnc23)cc1OC. The molecule has 0 spiro atoms. The lowest BCUT2D eigenvalue weighted by atomic mass is 10.1. The Balaban J connectivity index is 1.52. The number of fused-ring (bicyclic) bond motifs is 1. The van der Waals surface area contributed by atoms with E-state index >= 15 is 0 Å². The van der Waals surface area contributed by atoms with Crippen molar-refractivity contribution in [2.45, 2.75) is 0 Å². The van der Waals surface area contributed by atoms with Crippen LogP contribution in [-0.4, -0.2) is 28.6 Å². The van der Waals surface area contributed by atoms with Crippen LogP contribution in [0.5, 0.6) is 11.5 Å². The monoisotopic (exact) mass is 412 g/mol. The molecule has 5 aromatic rings. The molecule has 7 heteroatoms. The molecule has 0 aliphatic rings. The fraction of sp³-hybridized carbons (Fsp3) is 0.0833. The Morgan fingerprint density at radius 2 is 1.74 bits per heavy atom. The first-order valence-corrected chi connectivity index (χ1v) is 9.72. The second kappa shape index (κ2) is 7.87. The maximum atomic E-state index is 5.48. The summed E-state index contributed by atoms with van der Waals surface area (Å²) in [6.45, 7) is 0. The summed E-state index contributed by atoms with van der Waals surface area (Å²) in [6.07, 6.45) is 7.28. The summed E-state index contributed by atoms with van der Waals surface area (Å²) >= 11 is 0. The van der Waals surface area contributed by atoms with Crippen LogP contribution in [-0.2, 0) is 0 Å². The number of aromatic nitrogens is 3. The zero-order chi connectivity index (χ0) is 21.2. The van der Waals surface area contributed by atoms with E-state index < -0.39 is 0 Å². The summed E-state index contributed by atoms with van der Waals surface area (Å²) in [5.74, 6) is 2.78. The molecule has 0 aliphatic heterocycles. The van der Waals surface area contributed by atoms with E-state index in [1.807, 2.05) is 71.4 Å². The van der Waals surface area contributed by atoms with Gasteiger partial charge < -0.3 is 23.6 Å². The number of nitrogens with zero attached hydrogens (tertiary/aromatic N) is 3. The van der Waals surface area contributed by atoms with Crippen LogP contribution in [0.3, 0.4) is 0 Å². The standard InChI is InChI=1S/C24H20N4O3/c1-29-21-10-9-18(14-22(21)30-2)26-23-24-25-11-12-28(24)15-19(27-23)16-5-7-17(8-6-16)20-4-3-13-31-20/h3-15H,1-2H3,(H,26,27). The number of benzene rings is 2. The normalized spacial score (nSPS) is 10.9. The molecule has 0 atom stereocenters. The third kappa shape index (κ3) is 3.57. The van der Waals surface area contributed by atoms with E-state index in [1.54, 1.807) is 26.7 Å². The van der Waals surface area contributed by atoms with Crippen LogP contribution in [0.2, 0.25) is 0 Å². The van der Waals surface area contributed by atoms with Crippen LogP contribution >= 0.6 is 0 Å². The second-order valence-electron chi connectivity index (χ2n) is 6.88. The van der Waals surface area contributed by atoms with Crippen molar-refractivity contribution in [2.75, 3.05) is 19.5 Å². The van der Waals surface area contributed by atoms with Gasteiger partial charge in [0, 0.05) is 41.5 Å². The number of imidazole rings is 1. The lowest BCUT2D eigenvalue weighted by Crippen LogP contribution is -2.01. The molecule has 31 heavy (non-hydrogen) atoms. The third-order valence-corrected chi connectivity index (χ3v) is 5.01. The van der Waals surface area contributed by atoms with Crippen molar-refractivity contribution in [1.82, 2.24) is 14.4 Å². The molecule has 1 N–H and O–H groups in total. The van der Waals surface area contributed by atoms with Crippen LogP contribution in [0, 0.1) is 0 Å². The summed E-state index contributed by atoms with van der Waals surface area (Å²) in [5, 5.41) is 3.36. The van der Waals surface area contributed by atoms with Gasteiger partial charge in [-0.1, -0.05) is 24.3 Å². The fourth-order valence-electron chi connectivity index (χ4n) is 3.45. The van der Waals surface area contributed by atoms with Crippen molar-refractivity contribution >= 4 is 17.2 Å². The van der Waals surface area contributed by atoms with Gasteiger partial charge in [0.1, 0.15) is 5.76 Å². The van der Waals surface area contributed by atoms with Gasteiger partial charge in [-0.15, -0.1) is 0 Å². The summed E-state index contributed by atoms with van der Waals surface area (Å²) in [4.78, 5) is 9.28. The molecule has 7 nitrogen and oxygen atoms in total. The highest BCUT2D eigenvalue weighted by molar-refractivity contribution is 5.75. The predicted octanol–water partition coefficient (Wildman–Crippen LogP) is 5.42. The van der Waals surface area contributed by atoms with E-state index in [1.165, 1.54) is 0 Å². The maximum absolute atomic E-state index is 5.48. The minimum Gasteiger partial charge on any atom is -0.493 e. The minimum absolute atomic E-state index is 0.636. The molecule has 154 valence electrons. The minimum atomic E-state index is 0.636. The summed E-state index contributed by atoms with van der Waals surface area (Å²) in [6, 6.07) is 17.6. The quantitative estimate of drug-likeness (QED) is 0.402. The molecule has 0 bridgehead atoms. The van der Waals surface area contributed by atoms with Crippen LogP contribution in [0.25, 0.3) is 28.2 Å². The van der Waals surface area contributed by atoms with Gasteiger partial charge in [-0.05, 0) is 24.3 Å². The van der Waals surface area contributed by atoms with Crippen molar-refractivity contribution in [1.29, 1.82) is 0 Å². The number of hydrogen-bond acceptors (Lipinski definition) is 6. The molecule has 2 aromatic carbocycles. The first-order chi connectivity index (χ1) is 15.2. The number of hydrogen-bond donors (Lipinski definition) is 1. The Bertz CT molecular complexity index is 1330. The predicted molar refractivity (Wildman–Crippen MR) is 119 cm³/mol. The molecule has 0 radical (unpaired) electrons. The highest BCUT2D eigenvalue weighted by Crippen LogP contribution is 2.32. The molecule has 3 aromatic heterocycles. The van der Waals surface area contributed by atoms with Crippen LogP contribution in [0.4, 0.5) is 11.5 Å². The fourth-order valence-corrected chi connectivity index (χ4v) is 3.45. The van der Waals surface area contributed by atoms with Gasteiger partial charge in [-0.3, -0.25) is 0 Å². The first-order valence-electron chi connectivity index (χ1n) is 9.72. The molecule has 5 rings (SSSR count). The largest absolute Gasteiger partial charge is 0.493 e. The zero-order valence-electron chi connectivity index (χ0n) is 17.1. The molecule has 0 saturated carbocycles. The average Bonchev–Trinajstić information content (AvgIpc) is 3.51. The van der Waals surface area contributed by atoms with E-state index in [0.29, 0.717) is 17.3 Å². The van der Waals surface area contributed by atoms with E-state index in [4.69, 9.17) is 18.9 Å². The van der Waals surface area contributed by atoms with Gasteiger partial charge in [0.25, 0.3) is 0 Å². The number of rotatable bonds is 6. The van der Waals surface area contributed by atoms with Crippen LogP contribution in [0.1, 0.15) is 0 Å². The van der Waals surface area contributed by atoms with Crippen molar-refractivity contribution in [3.63, 3.8) is 0 Å². The maximum Gasteiger partial charge on any atom is 0.180 e. The lowest BCUT2D eigenvalue weighted by Gasteiger charge is -2.13. The average molecular weight is 412 g/mol. The van der Waals surface area contributed by atoms with Gasteiger partial charge in [-0.2, -0.15) is 0 Å². The molecule has 3 heterocycles. The number of anilines is 2. The van der Waals surface area contributed by atoms with Crippen LogP contribution in [0.15, 0.2) is 83.9 Å². The number of ether oxygens (including phenoxy) is 2. The molecular weight excluding hydrogens is 392 g/mol. The Kier molecular flexibility index (Phi) is 4.76. The van der Waals surface area contributed by atoms with Crippen molar-refractivity contribution in [2.24, 2.45) is 0 Å². The van der Waals surface area contributed by atoms with E-state index in [9.17, 15) is 0 Å². The number of furan rings is 1. The van der Waals surface area contributed by atoms with Crippen molar-refractivity contribution in [3.05, 3.63) is 79.5 Å². The molecular formula is C24H20N4O3. The number of nitrogens with one attached hydrogen (secondary N) is 1. The van der Waals surface area contributed by atoms with Gasteiger partial charge >= 0.3 is 0 Å². The molecule has 0 saturated heterocycles. The first kappa shape index (κ1) is 18.7. The Labute approximate surface area is 178 Å². The van der Waals surface area contributed by atoms with Crippen LogP contribution < -0.4 is 14.8 Å². The Hall–Kier alpha value is -4.26. The summed E-state index contributed by atoms with van der Waals surface area (Å²) in [5.41, 5.74) is 4.37. The Morgan fingerprint density at radius 3 is 2.48 bits per heavy atom. The molecule has 0 unspecified atom stereocenters. The van der Waals surface area contributed by atoms with Gasteiger partial charge in [-0.25, -0.2) is 9.97 Å². The van der Waals surface area contributed by atoms with E-state index in [2.05, 4.69) is 10.3 Å². The Morgan fingerprint density at radius 1 is 0.935 bits per heavy atom. The molecule has 0 aliphatic carbocycles. The molecule has 0 amide bonds. The van der Waals surface area contributed by atoms with Crippen molar-refractivity contribution < 1.29 is 13.9 Å². The molecule has 0 fully saturated rings.